The van der Waals surface area contributed by atoms with E-state index in [-0.39, 0.29) is 17.1 Å². The Balaban J connectivity index is 1.87. The van der Waals surface area contributed by atoms with Gasteiger partial charge >= 0.3 is 0 Å². The van der Waals surface area contributed by atoms with Crippen molar-refractivity contribution in [3.8, 4) is 11.1 Å². The fraction of sp³-hybridized carbons (Fsp3) is 0.304. The molecule has 0 saturated heterocycles. The molecule has 0 amide bonds. The molecule has 2 aliphatic heterocycles. The van der Waals surface area contributed by atoms with Crippen LogP contribution in [0.4, 0.5) is 0 Å². The molecule has 2 aliphatic rings. The van der Waals surface area contributed by atoms with Crippen molar-refractivity contribution < 1.29 is 4.74 Å². The lowest BCUT2D eigenvalue weighted by Gasteiger charge is -2.38. The standard InChI is InChI=1S/C23H23NO/c1-22(2,3)23-13-12-19(25-23)21-17(23)10-11-18-20(21)16(14-24(18)4)15-8-6-5-7-9-15/h5-14,19H,1-4H3. The van der Waals surface area contributed by atoms with Crippen LogP contribution >= 0.6 is 0 Å². The Labute approximate surface area is 148 Å². The average Bonchev–Trinajstić information content (AvgIpc) is 3.26. The zero-order valence-electron chi connectivity index (χ0n) is 15.2. The van der Waals surface area contributed by atoms with E-state index in [0.29, 0.717) is 0 Å². The lowest BCUT2D eigenvalue weighted by atomic mass is 9.70. The maximum atomic E-state index is 6.58. The van der Waals surface area contributed by atoms with Crippen molar-refractivity contribution in [1.82, 2.24) is 4.57 Å². The quantitative estimate of drug-likeness (QED) is 0.520. The number of hydrogen-bond acceptors (Lipinski definition) is 1. The summed E-state index contributed by atoms with van der Waals surface area (Å²) in [5.41, 5.74) is 6.22. The molecule has 0 N–H and O–H groups in total. The van der Waals surface area contributed by atoms with Crippen LogP contribution in [0.25, 0.3) is 22.0 Å². The summed E-state index contributed by atoms with van der Waals surface area (Å²) in [6, 6.07) is 15.2. The molecule has 5 rings (SSSR count). The monoisotopic (exact) mass is 329 g/mol. The number of benzene rings is 2. The van der Waals surface area contributed by atoms with Gasteiger partial charge < -0.3 is 9.30 Å². The maximum absolute atomic E-state index is 6.58. The van der Waals surface area contributed by atoms with Gasteiger partial charge in [0.15, 0.2) is 0 Å². The Hall–Kier alpha value is -2.32. The first-order valence-corrected chi connectivity index (χ1v) is 8.97. The number of hydrogen-bond donors (Lipinski definition) is 0. The van der Waals surface area contributed by atoms with E-state index < -0.39 is 0 Å². The number of ether oxygens (including phenoxy) is 1. The number of rotatable bonds is 1. The summed E-state index contributed by atoms with van der Waals surface area (Å²) in [7, 11) is 2.13. The second-order valence-electron chi connectivity index (χ2n) is 8.32. The maximum Gasteiger partial charge on any atom is 0.118 e. The van der Waals surface area contributed by atoms with Gasteiger partial charge in [-0.05, 0) is 28.7 Å². The highest BCUT2D eigenvalue weighted by Crippen LogP contribution is 2.60. The highest BCUT2D eigenvalue weighted by molar-refractivity contribution is 6.00. The largest absolute Gasteiger partial charge is 0.354 e. The van der Waals surface area contributed by atoms with E-state index in [1.807, 2.05) is 0 Å². The highest BCUT2D eigenvalue weighted by Gasteiger charge is 2.54. The van der Waals surface area contributed by atoms with E-state index in [1.165, 1.54) is 33.2 Å². The minimum absolute atomic E-state index is 0.0128. The fourth-order valence-corrected chi connectivity index (χ4v) is 4.61. The van der Waals surface area contributed by atoms with Crippen LogP contribution in [0.15, 0.2) is 60.8 Å². The van der Waals surface area contributed by atoms with Crippen LogP contribution in [0.3, 0.4) is 0 Å². The number of fused-ring (bicyclic) bond motifs is 7. The zero-order chi connectivity index (χ0) is 17.4. The van der Waals surface area contributed by atoms with Gasteiger partial charge in [0, 0.05) is 35.3 Å². The average molecular weight is 329 g/mol. The van der Waals surface area contributed by atoms with Gasteiger partial charge in [-0.15, -0.1) is 0 Å². The molecule has 2 bridgehead atoms. The van der Waals surface area contributed by atoms with Crippen molar-refractivity contribution in [2.24, 2.45) is 12.5 Å². The molecule has 2 aromatic carbocycles. The normalized spacial score (nSPS) is 24.2. The summed E-state index contributed by atoms with van der Waals surface area (Å²) < 4.78 is 8.82. The van der Waals surface area contributed by atoms with Gasteiger partial charge in [0.05, 0.1) is 0 Å². The topological polar surface area (TPSA) is 14.2 Å². The highest BCUT2D eigenvalue weighted by atomic mass is 16.5. The Kier molecular flexibility index (Phi) is 2.78. The summed E-state index contributed by atoms with van der Waals surface area (Å²) in [5, 5.41) is 1.34. The second-order valence-corrected chi connectivity index (χ2v) is 8.32. The van der Waals surface area contributed by atoms with E-state index in [9.17, 15) is 0 Å². The van der Waals surface area contributed by atoms with E-state index in [4.69, 9.17) is 4.74 Å². The molecule has 126 valence electrons. The molecule has 2 unspecified atom stereocenters. The molecule has 2 heteroatoms. The van der Waals surface area contributed by atoms with Gasteiger partial charge in [-0.1, -0.05) is 63.2 Å². The molecule has 0 aliphatic carbocycles. The molecular formula is C23H23NO. The van der Waals surface area contributed by atoms with Gasteiger partial charge in [0.1, 0.15) is 11.7 Å². The van der Waals surface area contributed by atoms with Crippen LogP contribution in [0, 0.1) is 5.41 Å². The van der Waals surface area contributed by atoms with Crippen molar-refractivity contribution in [2.75, 3.05) is 0 Å². The van der Waals surface area contributed by atoms with E-state index in [1.54, 1.807) is 0 Å². The Morgan fingerprint density at radius 1 is 1.04 bits per heavy atom. The molecule has 0 radical (unpaired) electrons. The van der Waals surface area contributed by atoms with Gasteiger partial charge in [-0.3, -0.25) is 0 Å². The van der Waals surface area contributed by atoms with Crippen LogP contribution in [0.1, 0.15) is 38.0 Å². The van der Waals surface area contributed by atoms with E-state index >= 15 is 0 Å². The third-order valence-electron chi connectivity index (χ3n) is 5.90. The smallest absolute Gasteiger partial charge is 0.118 e. The van der Waals surface area contributed by atoms with Crippen molar-refractivity contribution in [2.45, 2.75) is 32.5 Å². The Bertz CT molecular complexity index is 1020. The van der Waals surface area contributed by atoms with Crippen LogP contribution in [0.2, 0.25) is 0 Å². The van der Waals surface area contributed by atoms with E-state index in [0.717, 1.165) is 0 Å². The molecule has 2 atom stereocenters. The molecule has 0 saturated carbocycles. The first-order chi connectivity index (χ1) is 11.9. The lowest BCUT2D eigenvalue weighted by molar-refractivity contribution is -0.0752. The van der Waals surface area contributed by atoms with Gasteiger partial charge in [-0.25, -0.2) is 0 Å². The first-order valence-electron chi connectivity index (χ1n) is 8.97. The Morgan fingerprint density at radius 3 is 2.52 bits per heavy atom. The number of nitrogens with zero attached hydrogens (tertiary/aromatic N) is 1. The summed E-state index contributed by atoms with van der Waals surface area (Å²) >= 11 is 0. The molecule has 2 nitrogen and oxygen atoms in total. The summed E-state index contributed by atoms with van der Waals surface area (Å²) in [4.78, 5) is 0. The van der Waals surface area contributed by atoms with Crippen LogP contribution in [-0.4, -0.2) is 4.57 Å². The molecular weight excluding hydrogens is 306 g/mol. The minimum Gasteiger partial charge on any atom is -0.354 e. The first kappa shape index (κ1) is 15.0. The SMILES string of the molecule is Cn1cc(-c2ccccc2)c2c3c(ccc21)C1(C(C)(C)C)C=CC3O1. The van der Waals surface area contributed by atoms with Crippen molar-refractivity contribution in [3.05, 3.63) is 71.9 Å². The van der Waals surface area contributed by atoms with Gasteiger partial charge in [-0.2, -0.15) is 0 Å². The predicted molar refractivity (Wildman–Crippen MR) is 102 cm³/mol. The molecule has 1 aromatic heterocycles. The van der Waals surface area contributed by atoms with E-state index in [2.05, 4.69) is 93.2 Å². The van der Waals surface area contributed by atoms with Gasteiger partial charge in [0.2, 0.25) is 0 Å². The fourth-order valence-electron chi connectivity index (χ4n) is 4.61. The molecule has 0 spiro atoms. The van der Waals surface area contributed by atoms with Crippen molar-refractivity contribution >= 4 is 10.9 Å². The summed E-state index contributed by atoms with van der Waals surface area (Å²) in [5.74, 6) is 0. The minimum atomic E-state index is -0.314. The molecule has 25 heavy (non-hydrogen) atoms. The third kappa shape index (κ3) is 1.78. The van der Waals surface area contributed by atoms with Gasteiger partial charge in [0.25, 0.3) is 0 Å². The zero-order valence-corrected chi connectivity index (χ0v) is 15.2. The second kappa shape index (κ2) is 4.64. The number of aromatic nitrogens is 1. The van der Waals surface area contributed by atoms with Crippen LogP contribution in [0.5, 0.6) is 0 Å². The Morgan fingerprint density at radius 2 is 1.80 bits per heavy atom. The van der Waals surface area contributed by atoms with Crippen LogP contribution in [-0.2, 0) is 17.4 Å². The van der Waals surface area contributed by atoms with Crippen molar-refractivity contribution in [3.63, 3.8) is 0 Å². The number of aryl methyl sites for hydroxylation is 1. The lowest BCUT2D eigenvalue weighted by Crippen LogP contribution is -2.36. The summed E-state index contributed by atoms with van der Waals surface area (Å²) in [6.45, 7) is 6.80. The molecule has 3 aromatic rings. The molecule has 3 heterocycles. The van der Waals surface area contributed by atoms with Crippen LogP contribution < -0.4 is 0 Å². The molecule has 0 fully saturated rings. The predicted octanol–water partition coefficient (Wildman–Crippen LogP) is 5.73. The van der Waals surface area contributed by atoms with Crippen molar-refractivity contribution in [1.29, 1.82) is 0 Å². The third-order valence-corrected chi connectivity index (χ3v) is 5.90. The summed E-state index contributed by atoms with van der Waals surface area (Å²) in [6.07, 6.45) is 6.83.